The minimum Gasteiger partial charge on any atom is -0.481 e. The van der Waals surface area contributed by atoms with Gasteiger partial charge in [-0.15, -0.1) is 0 Å². The van der Waals surface area contributed by atoms with Crippen LogP contribution in [0.3, 0.4) is 0 Å². The van der Waals surface area contributed by atoms with Crippen LogP contribution in [0.5, 0.6) is 0 Å². The van der Waals surface area contributed by atoms with Crippen LogP contribution in [0.4, 0.5) is 0 Å². The van der Waals surface area contributed by atoms with Crippen molar-refractivity contribution in [2.75, 3.05) is 26.2 Å². The van der Waals surface area contributed by atoms with Crippen LogP contribution in [0.2, 0.25) is 0 Å². The molecule has 0 aliphatic carbocycles. The molecule has 0 aliphatic heterocycles. The highest BCUT2D eigenvalue weighted by molar-refractivity contribution is 5.69. The molecule has 0 saturated heterocycles. The molecule has 2 N–H and O–H groups in total. The Morgan fingerprint density at radius 3 is 2.24 bits per heavy atom. The Morgan fingerprint density at radius 1 is 1.19 bits per heavy atom. The van der Waals surface area contributed by atoms with Crippen molar-refractivity contribution in [3.8, 4) is 0 Å². The number of hydrogen-bond donors (Lipinski definition) is 2. The normalized spacial score (nSPS) is 15.3. The standard InChI is InChI=1S/C17H33NO3/c1-5-9-10-11-12-16(19)14-18(7-3,8-4)13-15(6-2)17(20)21/h5,9,15-16,19H,6-8,10-14H2,1-4H3/p+1/b9-5+. The second-order valence-electron chi connectivity index (χ2n) is 5.94. The number of carboxylic acid groups (broad SMARTS) is 1. The zero-order chi connectivity index (χ0) is 16.3. The van der Waals surface area contributed by atoms with Gasteiger partial charge in [0.05, 0.1) is 19.6 Å². The van der Waals surface area contributed by atoms with Gasteiger partial charge in [-0.2, -0.15) is 0 Å². The van der Waals surface area contributed by atoms with Crippen molar-refractivity contribution in [1.29, 1.82) is 0 Å². The summed E-state index contributed by atoms with van der Waals surface area (Å²) in [6, 6.07) is 0. The van der Waals surface area contributed by atoms with Crippen molar-refractivity contribution < 1.29 is 19.5 Å². The zero-order valence-electron chi connectivity index (χ0n) is 14.2. The molecule has 2 atom stereocenters. The van der Waals surface area contributed by atoms with Gasteiger partial charge in [0.15, 0.2) is 0 Å². The van der Waals surface area contributed by atoms with Crippen LogP contribution in [-0.2, 0) is 4.79 Å². The van der Waals surface area contributed by atoms with Crippen LogP contribution in [0.1, 0.15) is 53.4 Å². The number of nitrogens with zero attached hydrogens (tertiary/aromatic N) is 1. The number of unbranched alkanes of at least 4 members (excludes halogenated alkanes) is 1. The molecule has 0 spiro atoms. The summed E-state index contributed by atoms with van der Waals surface area (Å²) in [7, 11) is 0. The molecule has 0 bridgehead atoms. The lowest BCUT2D eigenvalue weighted by atomic mass is 10.0. The van der Waals surface area contributed by atoms with Crippen LogP contribution in [0.25, 0.3) is 0 Å². The van der Waals surface area contributed by atoms with E-state index in [-0.39, 0.29) is 12.0 Å². The molecule has 0 saturated carbocycles. The van der Waals surface area contributed by atoms with Gasteiger partial charge in [0.2, 0.25) is 0 Å². The van der Waals surface area contributed by atoms with Crippen LogP contribution in [-0.4, -0.2) is 52.9 Å². The average Bonchev–Trinajstić information content (AvgIpc) is 2.47. The van der Waals surface area contributed by atoms with Crippen molar-refractivity contribution in [3.63, 3.8) is 0 Å². The molecule has 0 aromatic rings. The SMILES string of the molecule is C/C=C/CCCC(O)C[N+](CC)(CC)CC(CC)C(=O)O. The number of aliphatic hydroxyl groups excluding tert-OH is 1. The summed E-state index contributed by atoms with van der Waals surface area (Å²) in [5.74, 6) is -1.04. The van der Waals surface area contributed by atoms with Gasteiger partial charge in [-0.25, -0.2) is 0 Å². The molecule has 124 valence electrons. The molecule has 21 heavy (non-hydrogen) atoms. The van der Waals surface area contributed by atoms with E-state index in [9.17, 15) is 15.0 Å². The van der Waals surface area contributed by atoms with Crippen molar-refractivity contribution in [2.24, 2.45) is 5.92 Å². The van der Waals surface area contributed by atoms with Gasteiger partial charge < -0.3 is 14.7 Å². The Bertz CT molecular complexity index is 311. The summed E-state index contributed by atoms with van der Waals surface area (Å²) < 4.78 is 0.690. The van der Waals surface area contributed by atoms with E-state index in [0.29, 0.717) is 24.0 Å². The molecule has 0 aromatic carbocycles. The molecule has 4 heteroatoms. The third kappa shape index (κ3) is 7.63. The van der Waals surface area contributed by atoms with E-state index in [2.05, 4.69) is 19.9 Å². The molecule has 0 fully saturated rings. The number of hydrogen-bond acceptors (Lipinski definition) is 2. The number of rotatable bonds is 12. The Morgan fingerprint density at radius 2 is 1.81 bits per heavy atom. The van der Waals surface area contributed by atoms with Gasteiger partial charge in [0.1, 0.15) is 18.6 Å². The summed E-state index contributed by atoms with van der Waals surface area (Å²) in [5.41, 5.74) is 0. The zero-order valence-corrected chi connectivity index (χ0v) is 14.2. The summed E-state index contributed by atoms with van der Waals surface area (Å²) in [4.78, 5) is 11.3. The highest BCUT2D eigenvalue weighted by Crippen LogP contribution is 2.17. The van der Waals surface area contributed by atoms with E-state index >= 15 is 0 Å². The smallest absolute Gasteiger partial charge is 0.312 e. The maximum atomic E-state index is 11.3. The van der Waals surface area contributed by atoms with E-state index in [0.717, 1.165) is 32.4 Å². The quantitative estimate of drug-likeness (QED) is 0.331. The lowest BCUT2D eigenvalue weighted by Crippen LogP contribution is -2.55. The number of aliphatic hydroxyl groups is 1. The largest absolute Gasteiger partial charge is 0.481 e. The number of quaternary nitrogens is 1. The van der Waals surface area contributed by atoms with Crippen molar-refractivity contribution >= 4 is 5.97 Å². The Kier molecular flexibility index (Phi) is 10.4. The molecule has 2 unspecified atom stereocenters. The van der Waals surface area contributed by atoms with E-state index in [1.54, 1.807) is 0 Å². The van der Waals surface area contributed by atoms with Crippen molar-refractivity contribution in [3.05, 3.63) is 12.2 Å². The minimum absolute atomic E-state index is 0.319. The number of carbonyl (C=O) groups is 1. The fourth-order valence-corrected chi connectivity index (χ4v) is 2.84. The number of allylic oxidation sites excluding steroid dienone is 2. The van der Waals surface area contributed by atoms with Gasteiger partial charge in [-0.1, -0.05) is 19.1 Å². The van der Waals surface area contributed by atoms with Crippen LogP contribution < -0.4 is 0 Å². The highest BCUT2D eigenvalue weighted by atomic mass is 16.4. The fraction of sp³-hybridized carbons (Fsp3) is 0.824. The summed E-state index contributed by atoms with van der Waals surface area (Å²) in [6.45, 7) is 11.1. The minimum atomic E-state index is -0.718. The Labute approximate surface area is 130 Å². The van der Waals surface area contributed by atoms with Gasteiger partial charge in [0, 0.05) is 0 Å². The van der Waals surface area contributed by atoms with Gasteiger partial charge in [-0.05, 0) is 46.5 Å². The molecular weight excluding hydrogens is 266 g/mol. The van der Waals surface area contributed by atoms with E-state index in [1.165, 1.54) is 0 Å². The van der Waals surface area contributed by atoms with Crippen molar-refractivity contribution in [1.82, 2.24) is 0 Å². The molecule has 0 aromatic heterocycles. The first kappa shape index (κ1) is 20.1. The maximum absolute atomic E-state index is 11.3. The number of likely N-dealkylation sites (N-methyl/N-ethyl adjacent to an activating group) is 1. The van der Waals surface area contributed by atoms with Gasteiger partial charge in [0.25, 0.3) is 0 Å². The van der Waals surface area contributed by atoms with Crippen molar-refractivity contribution in [2.45, 2.75) is 59.5 Å². The Hall–Kier alpha value is -0.870. The lowest BCUT2D eigenvalue weighted by Gasteiger charge is -2.40. The average molecular weight is 300 g/mol. The topological polar surface area (TPSA) is 57.5 Å². The number of carboxylic acids is 1. The van der Waals surface area contributed by atoms with Crippen LogP contribution >= 0.6 is 0 Å². The number of aliphatic carboxylic acids is 1. The summed E-state index contributed by atoms with van der Waals surface area (Å²) >= 11 is 0. The first-order chi connectivity index (χ1) is 9.94. The summed E-state index contributed by atoms with van der Waals surface area (Å²) in [5, 5.41) is 19.6. The van der Waals surface area contributed by atoms with Crippen LogP contribution in [0, 0.1) is 5.92 Å². The first-order valence-corrected chi connectivity index (χ1v) is 8.31. The second-order valence-corrected chi connectivity index (χ2v) is 5.94. The molecule has 0 radical (unpaired) electrons. The van der Waals surface area contributed by atoms with Gasteiger partial charge in [-0.3, -0.25) is 4.79 Å². The lowest BCUT2D eigenvalue weighted by molar-refractivity contribution is -0.929. The predicted molar refractivity (Wildman–Crippen MR) is 87.2 cm³/mol. The molecule has 4 nitrogen and oxygen atoms in total. The molecule has 0 heterocycles. The van der Waals surface area contributed by atoms with Gasteiger partial charge >= 0.3 is 5.97 Å². The first-order valence-electron chi connectivity index (χ1n) is 8.31. The van der Waals surface area contributed by atoms with E-state index in [1.807, 2.05) is 19.9 Å². The molecule has 0 amide bonds. The molecule has 0 aliphatic rings. The predicted octanol–water partition coefficient (Wildman–Crippen LogP) is 3.06. The van der Waals surface area contributed by atoms with E-state index in [4.69, 9.17) is 0 Å². The highest BCUT2D eigenvalue weighted by Gasteiger charge is 2.32. The summed E-state index contributed by atoms with van der Waals surface area (Å²) in [6.07, 6.45) is 7.21. The Balaban J connectivity index is 4.59. The third-order valence-corrected chi connectivity index (χ3v) is 4.53. The maximum Gasteiger partial charge on any atom is 0.312 e. The molecule has 0 rings (SSSR count). The monoisotopic (exact) mass is 300 g/mol. The van der Waals surface area contributed by atoms with E-state index < -0.39 is 5.97 Å². The van der Waals surface area contributed by atoms with Crippen LogP contribution in [0.15, 0.2) is 12.2 Å². The second kappa shape index (κ2) is 10.8. The third-order valence-electron chi connectivity index (χ3n) is 4.53. The molecular formula is C17H34NO3+. The fourth-order valence-electron chi connectivity index (χ4n) is 2.84.